The van der Waals surface area contributed by atoms with Gasteiger partial charge >= 0.3 is 116 Å². The topological polar surface area (TPSA) is 74.6 Å². The number of aromatic carboxylic acids is 2. The van der Waals surface area contributed by atoms with E-state index in [1.54, 1.807) is 0 Å². The van der Waals surface area contributed by atoms with Crippen molar-refractivity contribution in [2.24, 2.45) is 0 Å². The van der Waals surface area contributed by atoms with Gasteiger partial charge < -0.3 is 10.2 Å². The van der Waals surface area contributed by atoms with Gasteiger partial charge in [-0.3, -0.25) is 0 Å². The zero-order valence-corrected chi connectivity index (χ0v) is 14.3. The molecule has 0 saturated heterocycles. The Balaban J connectivity index is -0.000000480. The van der Waals surface area contributed by atoms with Gasteiger partial charge in [0.15, 0.2) is 0 Å². The molecule has 1 aromatic carbocycles. The second kappa shape index (κ2) is 8.57. The van der Waals surface area contributed by atoms with E-state index in [1.165, 1.54) is 24.3 Å². The molecule has 0 atom stereocenters. The molecule has 0 amide bonds. The molecule has 0 heterocycles. The van der Waals surface area contributed by atoms with Crippen LogP contribution in [-0.4, -0.2) is 22.2 Å². The number of rotatable bonds is 2. The van der Waals surface area contributed by atoms with Crippen molar-refractivity contribution in [1.82, 2.24) is 0 Å². The molecule has 0 fully saturated rings. The van der Waals surface area contributed by atoms with Gasteiger partial charge in [0.25, 0.3) is 0 Å². The van der Waals surface area contributed by atoms with Gasteiger partial charge in [-0.1, -0.05) is 12.1 Å². The fourth-order valence-electron chi connectivity index (χ4n) is 0.856. The third-order valence-electron chi connectivity index (χ3n) is 1.39. The van der Waals surface area contributed by atoms with Gasteiger partial charge in [-0.25, -0.2) is 9.59 Å². The average molecular weight is 245 g/mol. The van der Waals surface area contributed by atoms with Crippen molar-refractivity contribution in [1.29, 1.82) is 0 Å². The minimum atomic E-state index is -1.23. The van der Waals surface area contributed by atoms with Gasteiger partial charge in [-0.15, -0.1) is 0 Å². The van der Waals surface area contributed by atoms with Crippen molar-refractivity contribution >= 4 is 11.9 Å². The minimum absolute atomic E-state index is 0. The summed E-state index contributed by atoms with van der Waals surface area (Å²) in [6.07, 6.45) is 0. The van der Waals surface area contributed by atoms with Crippen molar-refractivity contribution in [3.8, 4) is 0 Å². The Morgan fingerprint density at radius 3 is 1.43 bits per heavy atom. The third kappa shape index (κ3) is 4.97. The van der Waals surface area contributed by atoms with E-state index in [1.807, 2.05) is 0 Å². The molecule has 0 aliphatic heterocycles. The molecule has 4 nitrogen and oxygen atoms in total. The van der Waals surface area contributed by atoms with E-state index in [-0.39, 0.29) is 115 Å². The number of hydrogen-bond donors (Lipinski definition) is 2. The molecular formula is C8H7K2O4+3. The molecule has 0 unspecified atom stereocenters. The van der Waals surface area contributed by atoms with Crippen LogP contribution in [0.25, 0.3) is 0 Å². The van der Waals surface area contributed by atoms with Crippen LogP contribution in [0.5, 0.6) is 0 Å². The molecule has 0 radical (unpaired) electrons. The van der Waals surface area contributed by atoms with Crippen LogP contribution in [-0.2, 0) is 0 Å². The summed E-state index contributed by atoms with van der Waals surface area (Å²) in [6, 6.07) is 5.48. The second-order valence-electron chi connectivity index (χ2n) is 2.16. The smallest absolute Gasteiger partial charge is 0.478 e. The minimum Gasteiger partial charge on any atom is -0.478 e. The van der Waals surface area contributed by atoms with Crippen LogP contribution in [0, 0.1) is 0 Å². The van der Waals surface area contributed by atoms with E-state index >= 15 is 0 Å². The molecule has 0 aliphatic rings. The SMILES string of the molecule is O=C(O)c1ccccc1C(=O)O.[H+].[K+].[K+]. The van der Waals surface area contributed by atoms with Gasteiger partial charge in [-0.2, -0.15) is 0 Å². The van der Waals surface area contributed by atoms with E-state index in [4.69, 9.17) is 10.2 Å². The van der Waals surface area contributed by atoms with Crippen LogP contribution in [0.1, 0.15) is 22.1 Å². The van der Waals surface area contributed by atoms with Gasteiger partial charge in [0.2, 0.25) is 0 Å². The van der Waals surface area contributed by atoms with Crippen LogP contribution in [0.2, 0.25) is 0 Å². The van der Waals surface area contributed by atoms with Crippen LogP contribution >= 0.6 is 0 Å². The van der Waals surface area contributed by atoms with Gasteiger partial charge in [0, 0.05) is 0 Å². The number of carboxylic acid groups (broad SMARTS) is 2. The predicted molar refractivity (Wildman–Crippen MR) is 41.5 cm³/mol. The van der Waals surface area contributed by atoms with Crippen LogP contribution in [0.15, 0.2) is 24.3 Å². The Labute approximate surface area is 167 Å². The standard InChI is InChI=1S/C8H6O4.2K/c9-7(10)5-3-1-2-4-6(5)8(11)12;;/h1-4H,(H,9,10)(H,11,12);;/q;2*+1/p+1. The number of hydrogen-bond acceptors (Lipinski definition) is 2. The molecule has 0 aromatic heterocycles. The Bertz CT molecular complexity index is 310. The first-order valence-electron chi connectivity index (χ1n) is 3.18. The van der Waals surface area contributed by atoms with Crippen molar-refractivity contribution in [2.45, 2.75) is 0 Å². The van der Waals surface area contributed by atoms with Gasteiger partial charge in [-0.05, 0) is 12.1 Å². The van der Waals surface area contributed by atoms with Crippen molar-refractivity contribution in [3.05, 3.63) is 35.4 Å². The maximum Gasteiger partial charge on any atom is 1.00 e. The second-order valence-corrected chi connectivity index (χ2v) is 2.16. The first kappa shape index (κ1) is 17.8. The summed E-state index contributed by atoms with van der Waals surface area (Å²) in [6.45, 7) is 0. The average Bonchev–Trinajstić information content (AvgIpc) is 2.04. The van der Waals surface area contributed by atoms with Crippen LogP contribution in [0.4, 0.5) is 0 Å². The normalized spacial score (nSPS) is 8.00. The van der Waals surface area contributed by atoms with E-state index in [0.29, 0.717) is 0 Å². The van der Waals surface area contributed by atoms with Crippen molar-refractivity contribution in [3.63, 3.8) is 0 Å². The van der Waals surface area contributed by atoms with E-state index in [9.17, 15) is 9.59 Å². The Hall–Kier alpha value is 1.43. The molecule has 14 heavy (non-hydrogen) atoms. The Morgan fingerprint density at radius 1 is 0.929 bits per heavy atom. The monoisotopic (exact) mass is 245 g/mol. The van der Waals surface area contributed by atoms with Crippen LogP contribution in [0.3, 0.4) is 0 Å². The third-order valence-corrected chi connectivity index (χ3v) is 1.39. The molecule has 1 rings (SSSR count). The zero-order valence-electron chi connectivity index (χ0n) is 9.02. The molecule has 0 spiro atoms. The van der Waals surface area contributed by atoms with E-state index in [2.05, 4.69) is 0 Å². The molecule has 62 valence electrons. The quantitative estimate of drug-likeness (QED) is 0.513. The van der Waals surface area contributed by atoms with E-state index in [0.717, 1.165) is 0 Å². The molecule has 0 aliphatic carbocycles. The zero-order chi connectivity index (χ0) is 9.14. The Kier molecular flexibility index (Phi) is 10.9. The Morgan fingerprint density at radius 2 is 1.21 bits per heavy atom. The van der Waals surface area contributed by atoms with Crippen LogP contribution < -0.4 is 103 Å². The fraction of sp³-hybridized carbons (Fsp3) is 0. The van der Waals surface area contributed by atoms with Crippen molar-refractivity contribution in [2.75, 3.05) is 0 Å². The van der Waals surface area contributed by atoms with Gasteiger partial charge in [0.05, 0.1) is 11.1 Å². The summed E-state index contributed by atoms with van der Waals surface area (Å²) in [5.74, 6) is -2.46. The molecule has 6 heteroatoms. The molecular weight excluding hydrogens is 238 g/mol. The number of carbonyl (C=O) groups is 2. The first-order chi connectivity index (χ1) is 5.63. The fourth-order valence-corrected chi connectivity index (χ4v) is 0.856. The number of carboxylic acids is 2. The van der Waals surface area contributed by atoms with Gasteiger partial charge in [0.1, 0.15) is 0 Å². The largest absolute Gasteiger partial charge is 1.00 e. The number of benzene rings is 1. The summed E-state index contributed by atoms with van der Waals surface area (Å²) in [7, 11) is 0. The molecule has 1 aromatic rings. The molecule has 0 saturated carbocycles. The summed E-state index contributed by atoms with van der Waals surface area (Å²) >= 11 is 0. The first-order valence-corrected chi connectivity index (χ1v) is 3.18. The van der Waals surface area contributed by atoms with Crippen molar-refractivity contribution < 1.29 is 124 Å². The predicted octanol–water partition coefficient (Wildman–Crippen LogP) is -4.80. The summed E-state index contributed by atoms with van der Waals surface area (Å²) in [5, 5.41) is 17.1. The summed E-state index contributed by atoms with van der Waals surface area (Å²) in [5.41, 5.74) is -0.380. The van der Waals surface area contributed by atoms with E-state index < -0.39 is 11.9 Å². The summed E-state index contributed by atoms with van der Waals surface area (Å²) in [4.78, 5) is 20.9. The summed E-state index contributed by atoms with van der Waals surface area (Å²) < 4.78 is 0. The maximum absolute atomic E-state index is 10.5. The molecule has 2 N–H and O–H groups in total. The maximum atomic E-state index is 10.5. The molecule has 0 bridgehead atoms.